The highest BCUT2D eigenvalue weighted by molar-refractivity contribution is 7.89. The third kappa shape index (κ3) is 5.29. The molecule has 0 spiro atoms. The number of nitrogens with zero attached hydrogens (tertiary/aromatic N) is 2. The summed E-state index contributed by atoms with van der Waals surface area (Å²) in [6.07, 6.45) is 0.737. The molecule has 4 rings (SSSR count). The third-order valence-electron chi connectivity index (χ3n) is 6.89. The summed E-state index contributed by atoms with van der Waals surface area (Å²) in [4.78, 5) is 31.3. The van der Waals surface area contributed by atoms with Crippen LogP contribution < -0.4 is 5.14 Å². The molecular weight excluding hydrogens is 518 g/mol. The van der Waals surface area contributed by atoms with E-state index in [0.717, 1.165) is 15.6 Å². The number of hydrogen-bond donors (Lipinski definition) is 1. The molecule has 192 valence electrons. The minimum Gasteiger partial charge on any atom is -0.336 e. The molecule has 1 aliphatic heterocycles. The number of hydrogen-bond acceptors (Lipinski definition) is 5. The lowest BCUT2D eigenvalue weighted by Gasteiger charge is -2.55. The Morgan fingerprint density at radius 2 is 1.94 bits per heavy atom. The lowest BCUT2D eigenvalue weighted by Crippen LogP contribution is -2.71. The van der Waals surface area contributed by atoms with Gasteiger partial charge in [-0.15, -0.1) is 11.3 Å². The summed E-state index contributed by atoms with van der Waals surface area (Å²) in [5.41, 5.74) is 0.412. The number of nitrogens with two attached hydrogens (primary N) is 1. The van der Waals surface area contributed by atoms with Crippen LogP contribution in [0.1, 0.15) is 42.6 Å². The second kappa shape index (κ2) is 10.5. The zero-order chi connectivity index (χ0) is 26.1. The maximum Gasteiger partial charge on any atom is 0.256 e. The molecule has 2 amide bonds. The number of primary sulfonamides is 1. The van der Waals surface area contributed by atoms with E-state index in [4.69, 9.17) is 16.7 Å². The van der Waals surface area contributed by atoms with Crippen LogP contribution in [0.4, 0.5) is 0 Å². The van der Waals surface area contributed by atoms with Gasteiger partial charge in [-0.25, -0.2) is 13.6 Å². The van der Waals surface area contributed by atoms with E-state index in [1.165, 1.54) is 11.3 Å². The Hall–Kier alpha value is -2.46. The number of benzene rings is 2. The highest BCUT2D eigenvalue weighted by Crippen LogP contribution is 2.42. The van der Waals surface area contributed by atoms with Gasteiger partial charge in [-0.3, -0.25) is 9.59 Å². The van der Waals surface area contributed by atoms with Crippen molar-refractivity contribution in [1.82, 2.24) is 9.80 Å². The second-order valence-corrected chi connectivity index (χ2v) is 12.6. The number of likely N-dealkylation sites (tertiary alicyclic amines) is 1. The first kappa shape index (κ1) is 26.6. The molecule has 1 aromatic heterocycles. The van der Waals surface area contributed by atoms with Crippen LogP contribution in [0.2, 0.25) is 5.02 Å². The van der Waals surface area contributed by atoms with Gasteiger partial charge in [0.25, 0.3) is 5.91 Å². The van der Waals surface area contributed by atoms with Gasteiger partial charge in [-0.1, -0.05) is 55.8 Å². The molecule has 3 aromatic rings. The number of carbonyl (C=O) groups excluding carboxylic acids is 2. The zero-order valence-electron chi connectivity index (χ0n) is 20.3. The number of rotatable bonds is 9. The van der Waals surface area contributed by atoms with Crippen molar-refractivity contribution < 1.29 is 18.0 Å². The first-order valence-corrected chi connectivity index (χ1v) is 14.8. The average Bonchev–Trinajstić information content (AvgIpc) is 3.21. The van der Waals surface area contributed by atoms with Crippen molar-refractivity contribution in [1.29, 1.82) is 0 Å². The molecule has 2 N–H and O–H groups in total. The van der Waals surface area contributed by atoms with Crippen LogP contribution in [0.15, 0.2) is 53.9 Å². The molecule has 0 radical (unpaired) electrons. The fourth-order valence-electron chi connectivity index (χ4n) is 4.94. The Kier molecular flexibility index (Phi) is 7.75. The van der Waals surface area contributed by atoms with E-state index in [9.17, 15) is 18.0 Å². The maximum atomic E-state index is 14.2. The average molecular weight is 548 g/mol. The van der Waals surface area contributed by atoms with Crippen LogP contribution in [0, 0.1) is 5.92 Å². The van der Waals surface area contributed by atoms with Gasteiger partial charge in [-0.05, 0) is 42.5 Å². The molecule has 0 bridgehead atoms. The SMILES string of the molecule is CC(C)C1(C(=O)N(CCCS(N)(=O)=O)Cc2cccc(Cl)c2)CCN1C(=O)c1csc2ccccc12. The van der Waals surface area contributed by atoms with Gasteiger partial charge in [0.05, 0.1) is 11.3 Å². The van der Waals surface area contributed by atoms with Gasteiger partial charge < -0.3 is 9.80 Å². The van der Waals surface area contributed by atoms with Crippen molar-refractivity contribution in [3.05, 3.63) is 70.1 Å². The van der Waals surface area contributed by atoms with Crippen molar-refractivity contribution in [2.75, 3.05) is 18.8 Å². The van der Waals surface area contributed by atoms with Crippen molar-refractivity contribution >= 4 is 54.9 Å². The molecule has 1 fully saturated rings. The number of carbonyl (C=O) groups is 2. The summed E-state index contributed by atoms with van der Waals surface area (Å²) in [5, 5.41) is 8.49. The van der Waals surface area contributed by atoms with E-state index >= 15 is 0 Å². The molecule has 2 heterocycles. The normalized spacial score (nSPS) is 17.9. The molecule has 2 aromatic carbocycles. The van der Waals surface area contributed by atoms with Crippen molar-refractivity contribution in [3.8, 4) is 0 Å². The van der Waals surface area contributed by atoms with E-state index in [1.54, 1.807) is 21.9 Å². The van der Waals surface area contributed by atoms with Crippen LogP contribution in [-0.2, 0) is 21.4 Å². The number of halogens is 1. The fraction of sp³-hybridized carbons (Fsp3) is 0.385. The molecule has 1 atom stereocenters. The first-order valence-electron chi connectivity index (χ1n) is 11.9. The summed E-state index contributed by atoms with van der Waals surface area (Å²) in [7, 11) is -3.67. The Morgan fingerprint density at radius 3 is 2.58 bits per heavy atom. The molecule has 0 saturated carbocycles. The second-order valence-electron chi connectivity index (χ2n) is 9.51. The van der Waals surface area contributed by atoms with Gasteiger partial charge in [0.1, 0.15) is 5.54 Å². The van der Waals surface area contributed by atoms with Gasteiger partial charge in [0, 0.05) is 40.1 Å². The minimum absolute atomic E-state index is 0.146. The quantitative estimate of drug-likeness (QED) is 0.426. The largest absolute Gasteiger partial charge is 0.336 e. The first-order chi connectivity index (χ1) is 17.0. The van der Waals surface area contributed by atoms with Gasteiger partial charge >= 0.3 is 0 Å². The van der Waals surface area contributed by atoms with Gasteiger partial charge in [-0.2, -0.15) is 0 Å². The summed E-state index contributed by atoms with van der Waals surface area (Å²) in [5.74, 6) is -0.725. The number of sulfonamides is 1. The lowest BCUT2D eigenvalue weighted by atomic mass is 9.73. The molecule has 1 saturated heterocycles. The smallest absolute Gasteiger partial charge is 0.256 e. The summed E-state index contributed by atoms with van der Waals surface area (Å²) in [6, 6.07) is 15.0. The molecule has 7 nitrogen and oxygen atoms in total. The predicted octanol–water partition coefficient (Wildman–Crippen LogP) is 4.50. The monoisotopic (exact) mass is 547 g/mol. The molecular formula is C26H30ClN3O4S2. The molecule has 1 aliphatic rings. The highest BCUT2D eigenvalue weighted by Gasteiger charge is 2.56. The Morgan fingerprint density at radius 1 is 1.19 bits per heavy atom. The number of amides is 2. The van der Waals surface area contributed by atoms with Crippen molar-refractivity contribution in [2.45, 2.75) is 38.8 Å². The highest BCUT2D eigenvalue weighted by atomic mass is 35.5. The summed E-state index contributed by atoms with van der Waals surface area (Å²) < 4.78 is 24.1. The van der Waals surface area contributed by atoms with Crippen LogP contribution >= 0.6 is 22.9 Å². The Balaban J connectivity index is 1.65. The fourth-order valence-corrected chi connectivity index (χ4v) is 6.62. The minimum atomic E-state index is -3.67. The van der Waals surface area contributed by atoms with E-state index in [-0.39, 0.29) is 43.0 Å². The molecule has 0 aliphatic carbocycles. The van der Waals surface area contributed by atoms with Gasteiger partial charge in [0.2, 0.25) is 15.9 Å². The van der Waals surface area contributed by atoms with E-state index in [0.29, 0.717) is 23.6 Å². The number of thiophene rings is 1. The summed E-state index contributed by atoms with van der Waals surface area (Å²) >= 11 is 7.68. The Labute approximate surface area is 220 Å². The van der Waals surface area contributed by atoms with Crippen molar-refractivity contribution in [2.24, 2.45) is 11.1 Å². The molecule has 1 unspecified atom stereocenters. The number of fused-ring (bicyclic) bond motifs is 1. The molecule has 36 heavy (non-hydrogen) atoms. The van der Waals surface area contributed by atoms with E-state index < -0.39 is 15.6 Å². The van der Waals surface area contributed by atoms with Gasteiger partial charge in [0.15, 0.2) is 0 Å². The topological polar surface area (TPSA) is 101 Å². The summed E-state index contributed by atoms with van der Waals surface area (Å²) in [6.45, 7) is 4.83. The third-order valence-corrected chi connectivity index (χ3v) is 8.94. The Bertz CT molecular complexity index is 1390. The van der Waals surface area contributed by atoms with E-state index in [1.807, 2.05) is 55.6 Å². The van der Waals surface area contributed by atoms with Crippen LogP contribution in [0.3, 0.4) is 0 Å². The molecule has 10 heteroatoms. The lowest BCUT2D eigenvalue weighted by molar-refractivity contribution is -0.156. The van der Waals surface area contributed by atoms with E-state index in [2.05, 4.69) is 0 Å². The van der Waals surface area contributed by atoms with Crippen LogP contribution in [-0.4, -0.2) is 54.4 Å². The van der Waals surface area contributed by atoms with Crippen molar-refractivity contribution in [3.63, 3.8) is 0 Å². The van der Waals surface area contributed by atoms with Crippen LogP contribution in [0.25, 0.3) is 10.1 Å². The standard InChI is InChI=1S/C26H30ClN3O4S2/c1-18(2)26(11-13-30(26)24(31)22-17-35-23-10-4-3-9-21(22)23)25(32)29(12-6-14-36(28,33)34)16-19-7-5-8-20(27)15-19/h3-5,7-10,15,17-18H,6,11-14,16H2,1-2H3,(H2,28,33,34). The predicted molar refractivity (Wildman–Crippen MR) is 145 cm³/mol. The zero-order valence-corrected chi connectivity index (χ0v) is 22.7. The maximum absolute atomic E-state index is 14.2. The van der Waals surface area contributed by atoms with Crippen LogP contribution in [0.5, 0.6) is 0 Å².